The van der Waals surface area contributed by atoms with E-state index in [0.717, 1.165) is 76.8 Å². The fraction of sp³-hybridized carbons (Fsp3) is 0.857. The monoisotopic (exact) mass is 406 g/mol. The third-order valence-corrected chi connectivity index (χ3v) is 5.71. The number of nitrogens with zero attached hydrogens (tertiary/aromatic N) is 5. The standard InChI is InChI=1S/C21H38N6O2/c1-3-22-21(26-13-10-18(16-26)17-29-15-14-28-2)23-11-7-9-20-25-24-19-8-5-4-6-12-27(19)20/h18H,3-17H2,1-2H3,(H,22,23). The SMILES string of the molecule is CCNC(=NCCCc1nnc2n1CCCCC2)N1CCC(COCCOC)C1. The van der Waals surface area contributed by atoms with Crippen molar-refractivity contribution in [2.75, 3.05) is 53.1 Å². The number of fused-ring (bicyclic) bond motifs is 1. The Bertz CT molecular complexity index is 633. The van der Waals surface area contributed by atoms with E-state index in [9.17, 15) is 0 Å². The highest BCUT2D eigenvalue weighted by molar-refractivity contribution is 5.80. The highest BCUT2D eigenvalue weighted by Crippen LogP contribution is 2.17. The molecule has 29 heavy (non-hydrogen) atoms. The minimum absolute atomic E-state index is 0.571. The number of guanidine groups is 1. The first-order valence-corrected chi connectivity index (χ1v) is 11.3. The van der Waals surface area contributed by atoms with Crippen molar-refractivity contribution in [1.29, 1.82) is 0 Å². The van der Waals surface area contributed by atoms with Crippen LogP contribution in [-0.4, -0.2) is 78.7 Å². The molecular formula is C21H38N6O2. The molecule has 2 aliphatic heterocycles. The Balaban J connectivity index is 1.44. The Morgan fingerprint density at radius 3 is 3.00 bits per heavy atom. The van der Waals surface area contributed by atoms with Crippen LogP contribution in [0, 0.1) is 5.92 Å². The van der Waals surface area contributed by atoms with Crippen molar-refractivity contribution in [3.8, 4) is 0 Å². The third-order valence-electron chi connectivity index (χ3n) is 5.71. The van der Waals surface area contributed by atoms with Crippen LogP contribution in [0.15, 0.2) is 4.99 Å². The van der Waals surface area contributed by atoms with E-state index >= 15 is 0 Å². The number of hydrogen-bond donors (Lipinski definition) is 1. The number of nitrogens with one attached hydrogen (secondary N) is 1. The van der Waals surface area contributed by atoms with Crippen LogP contribution < -0.4 is 5.32 Å². The maximum absolute atomic E-state index is 5.71. The molecule has 1 atom stereocenters. The van der Waals surface area contributed by atoms with Crippen LogP contribution in [0.3, 0.4) is 0 Å². The van der Waals surface area contributed by atoms with Crippen molar-refractivity contribution >= 4 is 5.96 Å². The topological polar surface area (TPSA) is 76.8 Å². The van der Waals surface area contributed by atoms with Gasteiger partial charge in [-0.2, -0.15) is 0 Å². The minimum atomic E-state index is 0.571. The number of likely N-dealkylation sites (tertiary alicyclic amines) is 1. The van der Waals surface area contributed by atoms with E-state index in [0.29, 0.717) is 19.1 Å². The molecule has 164 valence electrons. The largest absolute Gasteiger partial charge is 0.382 e. The van der Waals surface area contributed by atoms with Gasteiger partial charge < -0.3 is 24.3 Å². The number of ether oxygens (including phenoxy) is 2. The average Bonchev–Trinajstić information content (AvgIpc) is 3.28. The molecule has 8 nitrogen and oxygen atoms in total. The normalized spacial score (nSPS) is 20.0. The fourth-order valence-corrected chi connectivity index (χ4v) is 4.13. The summed E-state index contributed by atoms with van der Waals surface area (Å²) in [5, 5.41) is 12.3. The van der Waals surface area contributed by atoms with E-state index in [1.54, 1.807) is 7.11 Å². The van der Waals surface area contributed by atoms with Gasteiger partial charge in [-0.15, -0.1) is 10.2 Å². The summed E-state index contributed by atoms with van der Waals surface area (Å²) in [6.45, 7) is 9.10. The molecule has 0 spiro atoms. The van der Waals surface area contributed by atoms with Crippen LogP contribution >= 0.6 is 0 Å². The highest BCUT2D eigenvalue weighted by Gasteiger charge is 2.25. The molecule has 1 N–H and O–H groups in total. The van der Waals surface area contributed by atoms with Crippen molar-refractivity contribution in [3.05, 3.63) is 11.6 Å². The Morgan fingerprint density at radius 2 is 2.14 bits per heavy atom. The predicted molar refractivity (Wildman–Crippen MR) is 114 cm³/mol. The molecule has 1 saturated heterocycles. The maximum atomic E-state index is 5.71. The second-order valence-corrected chi connectivity index (χ2v) is 8.00. The Kier molecular flexibility index (Phi) is 9.21. The molecule has 0 aromatic carbocycles. The summed E-state index contributed by atoms with van der Waals surface area (Å²) in [7, 11) is 1.71. The van der Waals surface area contributed by atoms with Gasteiger partial charge in [0, 0.05) is 58.6 Å². The van der Waals surface area contributed by atoms with Crippen molar-refractivity contribution in [2.45, 2.75) is 58.4 Å². The molecule has 0 aliphatic carbocycles. The average molecular weight is 407 g/mol. The van der Waals surface area contributed by atoms with Gasteiger partial charge >= 0.3 is 0 Å². The van der Waals surface area contributed by atoms with Crippen LogP contribution in [0.2, 0.25) is 0 Å². The first-order valence-electron chi connectivity index (χ1n) is 11.3. The van der Waals surface area contributed by atoms with Crippen LogP contribution in [-0.2, 0) is 28.9 Å². The summed E-state index contributed by atoms with van der Waals surface area (Å²) >= 11 is 0. The van der Waals surface area contributed by atoms with Crippen molar-refractivity contribution in [3.63, 3.8) is 0 Å². The lowest BCUT2D eigenvalue weighted by atomic mass is 10.1. The van der Waals surface area contributed by atoms with Crippen LogP contribution in [0.4, 0.5) is 0 Å². The molecule has 3 heterocycles. The van der Waals surface area contributed by atoms with Gasteiger partial charge in [0.25, 0.3) is 0 Å². The van der Waals surface area contributed by atoms with E-state index in [4.69, 9.17) is 14.5 Å². The van der Waals surface area contributed by atoms with Gasteiger partial charge in [0.05, 0.1) is 19.8 Å². The zero-order chi connectivity index (χ0) is 20.3. The first kappa shape index (κ1) is 22.0. The Hall–Kier alpha value is -1.67. The molecule has 1 aromatic rings. The van der Waals surface area contributed by atoms with Gasteiger partial charge in [0.1, 0.15) is 11.6 Å². The summed E-state index contributed by atoms with van der Waals surface area (Å²) in [5.74, 6) is 3.91. The smallest absolute Gasteiger partial charge is 0.193 e. The van der Waals surface area contributed by atoms with Gasteiger partial charge in [0.2, 0.25) is 0 Å². The molecular weight excluding hydrogens is 368 g/mol. The van der Waals surface area contributed by atoms with Crippen LogP contribution in [0.5, 0.6) is 0 Å². The molecule has 2 aliphatic rings. The van der Waals surface area contributed by atoms with Gasteiger partial charge in [0.15, 0.2) is 5.96 Å². The fourth-order valence-electron chi connectivity index (χ4n) is 4.13. The van der Waals surface area contributed by atoms with Gasteiger partial charge in [-0.25, -0.2) is 0 Å². The van der Waals surface area contributed by atoms with Crippen LogP contribution in [0.25, 0.3) is 0 Å². The highest BCUT2D eigenvalue weighted by atomic mass is 16.5. The first-order chi connectivity index (χ1) is 14.3. The van der Waals surface area contributed by atoms with Gasteiger partial charge in [-0.3, -0.25) is 4.99 Å². The van der Waals surface area contributed by atoms with Crippen molar-refractivity contribution in [1.82, 2.24) is 25.0 Å². The van der Waals surface area contributed by atoms with Crippen molar-refractivity contribution < 1.29 is 9.47 Å². The summed E-state index contributed by atoms with van der Waals surface area (Å²) < 4.78 is 13.1. The lowest BCUT2D eigenvalue weighted by Gasteiger charge is -2.21. The number of aromatic nitrogens is 3. The number of aryl methyl sites for hydroxylation is 2. The summed E-state index contributed by atoms with van der Waals surface area (Å²) in [6.07, 6.45) is 7.96. The predicted octanol–water partition coefficient (Wildman–Crippen LogP) is 1.89. The third kappa shape index (κ3) is 6.67. The molecule has 3 rings (SSSR count). The minimum Gasteiger partial charge on any atom is -0.382 e. The molecule has 0 saturated carbocycles. The zero-order valence-corrected chi connectivity index (χ0v) is 18.2. The number of rotatable bonds is 10. The quantitative estimate of drug-likeness (QED) is 0.363. The Morgan fingerprint density at radius 1 is 1.21 bits per heavy atom. The van der Waals surface area contributed by atoms with Crippen molar-refractivity contribution in [2.24, 2.45) is 10.9 Å². The molecule has 1 aromatic heterocycles. The number of hydrogen-bond acceptors (Lipinski definition) is 5. The maximum Gasteiger partial charge on any atom is 0.193 e. The summed E-state index contributed by atoms with van der Waals surface area (Å²) in [5.41, 5.74) is 0. The van der Waals surface area contributed by atoms with E-state index in [1.165, 1.54) is 25.1 Å². The second kappa shape index (κ2) is 12.1. The molecule has 1 unspecified atom stereocenters. The number of aliphatic imine (C=N–C) groups is 1. The summed E-state index contributed by atoms with van der Waals surface area (Å²) in [6, 6.07) is 0. The van der Waals surface area contributed by atoms with Crippen LogP contribution in [0.1, 0.15) is 50.7 Å². The number of methoxy groups -OCH3 is 1. The van der Waals surface area contributed by atoms with E-state index in [1.807, 2.05) is 0 Å². The molecule has 0 radical (unpaired) electrons. The summed E-state index contributed by atoms with van der Waals surface area (Å²) in [4.78, 5) is 7.25. The lowest BCUT2D eigenvalue weighted by Crippen LogP contribution is -2.40. The van der Waals surface area contributed by atoms with E-state index in [-0.39, 0.29) is 0 Å². The molecule has 0 amide bonds. The van der Waals surface area contributed by atoms with Gasteiger partial charge in [-0.05, 0) is 32.6 Å². The Labute approximate surface area is 175 Å². The zero-order valence-electron chi connectivity index (χ0n) is 18.2. The lowest BCUT2D eigenvalue weighted by molar-refractivity contribution is 0.0536. The van der Waals surface area contributed by atoms with E-state index < -0.39 is 0 Å². The molecule has 1 fully saturated rings. The van der Waals surface area contributed by atoms with E-state index in [2.05, 4.69) is 31.9 Å². The second-order valence-electron chi connectivity index (χ2n) is 8.00. The molecule has 8 heteroatoms. The van der Waals surface area contributed by atoms with Gasteiger partial charge in [-0.1, -0.05) is 6.42 Å². The molecule has 0 bridgehead atoms.